The van der Waals surface area contributed by atoms with Crippen molar-refractivity contribution in [2.24, 2.45) is 41.4 Å². The second-order valence-corrected chi connectivity index (χ2v) is 15.9. The summed E-state index contributed by atoms with van der Waals surface area (Å²) in [5.74, 6) is 3.18. The third-order valence-electron chi connectivity index (χ3n) is 12.6. The van der Waals surface area contributed by atoms with E-state index in [1.54, 1.807) is 38.1 Å². The van der Waals surface area contributed by atoms with Gasteiger partial charge >= 0.3 is 0 Å². The maximum Gasteiger partial charge on any atom is 0.200 e. The van der Waals surface area contributed by atoms with Gasteiger partial charge in [0.1, 0.15) is 0 Å². The molecule has 0 unspecified atom stereocenters. The lowest BCUT2D eigenvalue weighted by Crippen LogP contribution is -2.27. The van der Waals surface area contributed by atoms with Crippen LogP contribution in [0.25, 0.3) is 0 Å². The molecule has 5 heteroatoms. The Balaban J connectivity index is 0.000000182. The van der Waals surface area contributed by atoms with E-state index in [-0.39, 0.29) is 11.7 Å². The van der Waals surface area contributed by atoms with Crippen LogP contribution in [0.2, 0.25) is 0 Å². The van der Waals surface area contributed by atoms with Crippen LogP contribution in [-0.4, -0.2) is 6.61 Å². The highest BCUT2D eigenvalue weighted by Gasteiger charge is 2.32. The quantitative estimate of drug-likeness (QED) is 0.285. The smallest absolute Gasteiger partial charge is 0.200 e. The summed E-state index contributed by atoms with van der Waals surface area (Å²) in [5, 5.41) is 0. The van der Waals surface area contributed by atoms with Gasteiger partial charge in [0.2, 0.25) is 5.82 Å². The summed E-state index contributed by atoms with van der Waals surface area (Å²) in [6, 6.07) is 6.65. The minimum atomic E-state index is -0.847. The molecule has 0 atom stereocenters. The Bertz CT molecular complexity index is 1240. The lowest BCUT2D eigenvalue weighted by molar-refractivity contribution is 0.124. The molecule has 0 spiro atoms. The molecule has 6 rings (SSSR count). The minimum Gasteiger partial charge on any atom is -0.490 e. The van der Waals surface area contributed by atoms with Gasteiger partial charge in [-0.15, -0.1) is 0 Å². The van der Waals surface area contributed by atoms with Crippen LogP contribution in [0.1, 0.15) is 139 Å². The number of halogens is 4. The van der Waals surface area contributed by atoms with E-state index in [0.29, 0.717) is 29.2 Å². The first-order valence-electron chi connectivity index (χ1n) is 18.6. The van der Waals surface area contributed by atoms with Crippen molar-refractivity contribution in [1.82, 2.24) is 0 Å². The number of ether oxygens (including phenoxy) is 1. The second kappa shape index (κ2) is 16.4. The van der Waals surface area contributed by atoms with Gasteiger partial charge in [-0.3, -0.25) is 0 Å². The molecular weight excluding hydrogens is 584 g/mol. The molecule has 4 aliphatic rings. The normalized spacial score (nSPS) is 31.9. The number of aryl methyl sites for hydroxylation is 2. The van der Waals surface area contributed by atoms with Gasteiger partial charge in [0.15, 0.2) is 23.2 Å². The molecule has 0 radical (unpaired) electrons. The second-order valence-electron chi connectivity index (χ2n) is 15.9. The van der Waals surface area contributed by atoms with E-state index in [4.69, 9.17) is 4.74 Å². The molecule has 2 aromatic rings. The van der Waals surface area contributed by atoms with Gasteiger partial charge < -0.3 is 4.74 Å². The van der Waals surface area contributed by atoms with E-state index in [1.165, 1.54) is 77.0 Å². The van der Waals surface area contributed by atoms with Crippen LogP contribution in [0.3, 0.4) is 0 Å². The van der Waals surface area contributed by atoms with Gasteiger partial charge in [0.25, 0.3) is 0 Å². The summed E-state index contributed by atoms with van der Waals surface area (Å²) in [7, 11) is 0. The Hall–Kier alpha value is -2.04. The van der Waals surface area contributed by atoms with Crippen LogP contribution >= 0.6 is 0 Å². The summed E-state index contributed by atoms with van der Waals surface area (Å²) in [6.07, 6.45) is 20.4. The predicted molar refractivity (Wildman–Crippen MR) is 180 cm³/mol. The van der Waals surface area contributed by atoms with Crippen LogP contribution in [0.4, 0.5) is 17.6 Å². The summed E-state index contributed by atoms with van der Waals surface area (Å²) < 4.78 is 61.0. The van der Waals surface area contributed by atoms with Crippen molar-refractivity contribution < 1.29 is 22.3 Å². The topological polar surface area (TPSA) is 9.23 Å². The molecule has 4 saturated carbocycles. The molecule has 0 amide bonds. The fourth-order valence-electron chi connectivity index (χ4n) is 9.17. The molecular formula is C41H58F4O. The SMILES string of the molecule is Cc1ccc(C2CCC(C3CCC(C)CC3)CC2)c(F)c1F.Cc1ccc(OCC2CCC(C3CCC(C)CC3)CC2)c(F)c1F. The molecule has 1 nitrogen and oxygen atoms in total. The highest BCUT2D eigenvalue weighted by Crippen LogP contribution is 2.45. The molecule has 0 N–H and O–H groups in total. The molecule has 0 aliphatic heterocycles. The van der Waals surface area contributed by atoms with Gasteiger partial charge in [-0.05, 0) is 161 Å². The zero-order valence-corrected chi connectivity index (χ0v) is 28.9. The van der Waals surface area contributed by atoms with Gasteiger partial charge in [-0.1, -0.05) is 57.7 Å². The maximum absolute atomic E-state index is 14.2. The standard InChI is InChI=1S/C21H30F2O.C20H28F2/c1-14-3-8-17(9-4-14)18-10-6-16(7-11-18)13-24-19-12-5-15(2)20(22)21(19)23;1-13-3-6-15(7-4-13)16-8-10-17(11-9-16)18-12-5-14(2)19(21)20(18)22/h5,12,14,16-18H,3-4,6-11,13H2,1-2H3;5,12-13,15-17H,3-4,6-11H2,1-2H3. The van der Waals surface area contributed by atoms with E-state index >= 15 is 0 Å². The molecule has 0 heterocycles. The van der Waals surface area contributed by atoms with Crippen LogP contribution in [0, 0.1) is 78.5 Å². The van der Waals surface area contributed by atoms with Crippen molar-refractivity contribution >= 4 is 0 Å². The van der Waals surface area contributed by atoms with Crippen LogP contribution in [0.15, 0.2) is 24.3 Å². The summed E-state index contributed by atoms with van der Waals surface area (Å²) >= 11 is 0. The average Bonchev–Trinajstić information content (AvgIpc) is 3.07. The van der Waals surface area contributed by atoms with Gasteiger partial charge in [-0.25, -0.2) is 13.2 Å². The highest BCUT2D eigenvalue weighted by atomic mass is 19.2. The monoisotopic (exact) mass is 642 g/mol. The number of benzene rings is 2. The van der Waals surface area contributed by atoms with Gasteiger partial charge in [0.05, 0.1) is 6.61 Å². The summed E-state index contributed by atoms with van der Waals surface area (Å²) in [6.45, 7) is 8.44. The van der Waals surface area contributed by atoms with Crippen LogP contribution in [0.5, 0.6) is 5.75 Å². The zero-order chi connectivity index (χ0) is 32.8. The largest absolute Gasteiger partial charge is 0.490 e. The van der Waals surface area contributed by atoms with Crippen molar-refractivity contribution in [3.8, 4) is 5.75 Å². The molecule has 0 bridgehead atoms. The first kappa shape index (κ1) is 35.3. The molecule has 256 valence electrons. The Morgan fingerprint density at radius 3 is 1.41 bits per heavy atom. The number of hydrogen-bond donors (Lipinski definition) is 0. The first-order valence-corrected chi connectivity index (χ1v) is 18.6. The van der Waals surface area contributed by atoms with Crippen molar-refractivity contribution in [3.05, 3.63) is 64.2 Å². The van der Waals surface area contributed by atoms with Crippen molar-refractivity contribution in [1.29, 1.82) is 0 Å². The molecule has 0 aromatic heterocycles. The predicted octanol–water partition coefficient (Wildman–Crippen LogP) is 12.7. The van der Waals surface area contributed by atoms with Crippen molar-refractivity contribution in [2.75, 3.05) is 6.61 Å². The highest BCUT2D eigenvalue weighted by molar-refractivity contribution is 5.30. The fourth-order valence-corrected chi connectivity index (χ4v) is 9.17. The number of rotatable bonds is 6. The average molecular weight is 643 g/mol. The minimum absolute atomic E-state index is 0.0569. The molecule has 2 aromatic carbocycles. The Morgan fingerprint density at radius 2 is 0.913 bits per heavy atom. The van der Waals surface area contributed by atoms with E-state index in [1.807, 2.05) is 0 Å². The Labute approximate surface area is 276 Å². The van der Waals surface area contributed by atoms with Crippen LogP contribution < -0.4 is 4.74 Å². The third kappa shape index (κ3) is 8.90. The van der Waals surface area contributed by atoms with Gasteiger partial charge in [-0.2, -0.15) is 4.39 Å². The van der Waals surface area contributed by atoms with E-state index in [0.717, 1.165) is 61.2 Å². The Morgan fingerprint density at radius 1 is 0.500 bits per heavy atom. The lowest BCUT2D eigenvalue weighted by Gasteiger charge is -2.37. The lowest BCUT2D eigenvalue weighted by atomic mass is 9.68. The van der Waals surface area contributed by atoms with Crippen molar-refractivity contribution in [2.45, 2.75) is 136 Å². The third-order valence-corrected chi connectivity index (χ3v) is 12.6. The van der Waals surface area contributed by atoms with Crippen LogP contribution in [-0.2, 0) is 0 Å². The zero-order valence-electron chi connectivity index (χ0n) is 28.9. The van der Waals surface area contributed by atoms with E-state index in [2.05, 4.69) is 13.8 Å². The summed E-state index contributed by atoms with van der Waals surface area (Å²) in [4.78, 5) is 0. The fraction of sp³-hybridized carbons (Fsp3) is 0.707. The molecule has 46 heavy (non-hydrogen) atoms. The molecule has 4 aliphatic carbocycles. The number of hydrogen-bond acceptors (Lipinski definition) is 1. The maximum atomic E-state index is 14.2. The first-order chi connectivity index (χ1) is 22.1. The van der Waals surface area contributed by atoms with Crippen molar-refractivity contribution in [3.63, 3.8) is 0 Å². The van der Waals surface area contributed by atoms with E-state index in [9.17, 15) is 17.6 Å². The summed E-state index contributed by atoms with van der Waals surface area (Å²) in [5.41, 5.74) is 1.34. The Kier molecular flexibility index (Phi) is 12.6. The molecule has 0 saturated heterocycles. The molecule has 4 fully saturated rings. The van der Waals surface area contributed by atoms with Gasteiger partial charge in [0, 0.05) is 0 Å². The van der Waals surface area contributed by atoms with E-state index < -0.39 is 23.3 Å².